The molecule has 0 radical (unpaired) electrons. The molecule has 31 heavy (non-hydrogen) atoms. The number of nitrogens with zero attached hydrogens (tertiary/aromatic N) is 5. The van der Waals surface area contributed by atoms with Gasteiger partial charge >= 0.3 is 0 Å². The van der Waals surface area contributed by atoms with Crippen LogP contribution in [-0.2, 0) is 17.6 Å². The molecule has 0 unspecified atom stereocenters. The Kier molecular flexibility index (Phi) is 4.98. The fourth-order valence-corrected chi connectivity index (χ4v) is 7.41. The number of rotatable bonds is 4. The van der Waals surface area contributed by atoms with Gasteiger partial charge in [0.15, 0.2) is 10.8 Å². The molecule has 164 valence electrons. The van der Waals surface area contributed by atoms with Crippen molar-refractivity contribution in [2.45, 2.75) is 69.9 Å². The molecule has 0 N–H and O–H groups in total. The Balaban J connectivity index is 1.36. The van der Waals surface area contributed by atoms with E-state index in [0.717, 1.165) is 59.7 Å². The molecule has 6 rings (SSSR count). The van der Waals surface area contributed by atoms with Crippen LogP contribution in [0.5, 0.6) is 0 Å². The third-order valence-electron chi connectivity index (χ3n) is 7.07. The van der Waals surface area contributed by atoms with Crippen LogP contribution in [0.4, 0.5) is 0 Å². The molecular weight excluding hydrogens is 426 g/mol. The minimum Gasteiger partial charge on any atom is -0.342 e. The number of piperidine rings is 1. The van der Waals surface area contributed by atoms with Crippen molar-refractivity contribution in [2.24, 2.45) is 11.8 Å². The van der Waals surface area contributed by atoms with Crippen molar-refractivity contribution in [3.63, 3.8) is 0 Å². The van der Waals surface area contributed by atoms with Gasteiger partial charge in [-0.05, 0) is 62.3 Å². The number of thiophene rings is 1. The van der Waals surface area contributed by atoms with E-state index in [4.69, 9.17) is 4.98 Å². The summed E-state index contributed by atoms with van der Waals surface area (Å²) in [5.74, 6) is 3.58. The summed E-state index contributed by atoms with van der Waals surface area (Å²) >= 11 is 3.39. The van der Waals surface area contributed by atoms with E-state index in [-0.39, 0.29) is 5.91 Å². The van der Waals surface area contributed by atoms with Crippen LogP contribution in [0.25, 0.3) is 15.9 Å². The minimum atomic E-state index is 0.220. The van der Waals surface area contributed by atoms with Gasteiger partial charge in [0.25, 0.3) is 0 Å². The molecule has 1 aliphatic heterocycles. The molecule has 0 bridgehead atoms. The molecule has 2 atom stereocenters. The summed E-state index contributed by atoms with van der Waals surface area (Å²) in [4.78, 5) is 22.6. The fraction of sp³-hybridized carbons (Fsp3) is 0.652. The minimum absolute atomic E-state index is 0.220. The molecule has 0 aromatic carbocycles. The topological polar surface area (TPSA) is 63.4 Å². The van der Waals surface area contributed by atoms with Crippen LogP contribution in [0, 0.1) is 11.8 Å². The van der Waals surface area contributed by atoms with Crippen molar-refractivity contribution in [3.05, 3.63) is 16.3 Å². The second-order valence-corrected chi connectivity index (χ2v) is 11.8. The number of aryl methyl sites for hydroxylation is 1. The molecule has 3 aromatic heterocycles. The highest BCUT2D eigenvalue weighted by atomic mass is 32.2. The van der Waals surface area contributed by atoms with Gasteiger partial charge in [0.05, 0.1) is 11.1 Å². The van der Waals surface area contributed by atoms with Gasteiger partial charge in [0.1, 0.15) is 10.7 Å². The Morgan fingerprint density at radius 1 is 1.16 bits per heavy atom. The van der Waals surface area contributed by atoms with Crippen LogP contribution in [0.1, 0.15) is 68.1 Å². The zero-order valence-corrected chi connectivity index (χ0v) is 19.9. The fourth-order valence-electron chi connectivity index (χ4n) is 5.18. The van der Waals surface area contributed by atoms with Crippen molar-refractivity contribution in [1.82, 2.24) is 24.5 Å². The van der Waals surface area contributed by atoms with Crippen molar-refractivity contribution in [1.29, 1.82) is 0 Å². The zero-order chi connectivity index (χ0) is 21.1. The maximum absolute atomic E-state index is 12.8. The molecule has 8 heteroatoms. The van der Waals surface area contributed by atoms with Crippen LogP contribution in [0.3, 0.4) is 0 Å². The summed E-state index contributed by atoms with van der Waals surface area (Å²) in [5, 5.41) is 11.3. The monoisotopic (exact) mass is 455 g/mol. The summed E-state index contributed by atoms with van der Waals surface area (Å²) in [6.45, 7) is 6.35. The lowest BCUT2D eigenvalue weighted by molar-refractivity contribution is -0.130. The highest BCUT2D eigenvalue weighted by Gasteiger charge is 2.32. The lowest BCUT2D eigenvalue weighted by Crippen LogP contribution is -2.40. The van der Waals surface area contributed by atoms with Crippen LogP contribution in [0.15, 0.2) is 5.16 Å². The maximum atomic E-state index is 12.8. The number of carbonyl (C=O) groups excluding carboxylic acids is 1. The van der Waals surface area contributed by atoms with Crippen LogP contribution in [-0.4, -0.2) is 49.2 Å². The molecule has 1 saturated heterocycles. The number of thioether (sulfide) groups is 1. The Labute approximate surface area is 190 Å². The average Bonchev–Trinajstić information content (AvgIpc) is 3.42. The quantitative estimate of drug-likeness (QED) is 0.534. The smallest absolute Gasteiger partial charge is 0.233 e. The number of hydrogen-bond donors (Lipinski definition) is 0. The van der Waals surface area contributed by atoms with E-state index in [0.29, 0.717) is 17.6 Å². The van der Waals surface area contributed by atoms with Crippen molar-refractivity contribution in [2.75, 3.05) is 18.8 Å². The molecule has 1 amide bonds. The first-order valence-electron chi connectivity index (χ1n) is 11.7. The van der Waals surface area contributed by atoms with Gasteiger partial charge in [0.2, 0.25) is 5.91 Å². The third kappa shape index (κ3) is 3.55. The number of amides is 1. The first-order valence-corrected chi connectivity index (χ1v) is 13.5. The van der Waals surface area contributed by atoms with Gasteiger partial charge in [-0.25, -0.2) is 4.98 Å². The highest BCUT2D eigenvalue weighted by Crippen LogP contribution is 2.44. The van der Waals surface area contributed by atoms with E-state index in [9.17, 15) is 4.79 Å². The van der Waals surface area contributed by atoms with Crippen molar-refractivity contribution < 1.29 is 4.79 Å². The molecule has 0 spiro atoms. The van der Waals surface area contributed by atoms with Crippen molar-refractivity contribution >= 4 is 44.9 Å². The molecule has 4 heterocycles. The van der Waals surface area contributed by atoms with Gasteiger partial charge < -0.3 is 4.90 Å². The van der Waals surface area contributed by atoms with E-state index >= 15 is 0 Å². The van der Waals surface area contributed by atoms with Gasteiger partial charge in [-0.15, -0.1) is 21.5 Å². The second-order valence-electron chi connectivity index (χ2n) is 9.79. The van der Waals surface area contributed by atoms with Gasteiger partial charge in [-0.3, -0.25) is 9.20 Å². The number of aromatic nitrogens is 4. The van der Waals surface area contributed by atoms with Gasteiger partial charge in [0, 0.05) is 23.9 Å². The summed E-state index contributed by atoms with van der Waals surface area (Å²) in [7, 11) is 0. The summed E-state index contributed by atoms with van der Waals surface area (Å²) in [6, 6.07) is 0. The third-order valence-corrected chi connectivity index (χ3v) is 9.13. The summed E-state index contributed by atoms with van der Waals surface area (Å²) < 4.78 is 2.18. The normalized spacial score (nSPS) is 24.1. The predicted octanol–water partition coefficient (Wildman–Crippen LogP) is 4.69. The Hall–Kier alpha value is -1.67. The molecular formula is C23H29N5OS2. The summed E-state index contributed by atoms with van der Waals surface area (Å²) in [6.07, 6.45) is 8.19. The first-order chi connectivity index (χ1) is 15.1. The van der Waals surface area contributed by atoms with Crippen molar-refractivity contribution in [3.8, 4) is 0 Å². The average molecular weight is 456 g/mol. The van der Waals surface area contributed by atoms with Crippen LogP contribution in [0.2, 0.25) is 0 Å². The SMILES string of the molecule is C[C@@H]1CCCN(C(=O)CSc2nnc3c4c5c(sc4nc(C4CC4)n23)C[C@@H](C)CC5)C1. The first kappa shape index (κ1) is 20.0. The van der Waals surface area contributed by atoms with E-state index in [1.165, 1.54) is 53.3 Å². The largest absolute Gasteiger partial charge is 0.342 e. The lowest BCUT2D eigenvalue weighted by atomic mass is 9.89. The number of carbonyl (C=O) groups is 1. The number of likely N-dealkylation sites (tertiary alicyclic amines) is 1. The number of hydrogen-bond acceptors (Lipinski definition) is 6. The standard InChI is InChI=1S/C23H29N5OS2/c1-13-5-8-16-17(10-13)31-22-19(16)21-25-26-23(28(21)20(24-22)15-6-7-15)30-12-18(29)27-9-3-4-14(2)11-27/h13-15H,3-12H2,1-2H3/t13-,14+/m0/s1. The van der Waals surface area contributed by atoms with Gasteiger partial charge in [-0.2, -0.15) is 0 Å². The predicted molar refractivity (Wildman–Crippen MR) is 125 cm³/mol. The second kappa shape index (κ2) is 7.73. The summed E-state index contributed by atoms with van der Waals surface area (Å²) in [5.41, 5.74) is 2.40. The van der Waals surface area contributed by atoms with E-state index in [1.807, 2.05) is 16.2 Å². The number of fused-ring (bicyclic) bond motifs is 5. The highest BCUT2D eigenvalue weighted by molar-refractivity contribution is 7.99. The lowest BCUT2D eigenvalue weighted by Gasteiger charge is -2.30. The van der Waals surface area contributed by atoms with Gasteiger partial charge in [-0.1, -0.05) is 25.6 Å². The van der Waals surface area contributed by atoms with E-state index in [1.54, 1.807) is 0 Å². The molecule has 1 saturated carbocycles. The molecule has 6 nitrogen and oxygen atoms in total. The molecule has 2 fully saturated rings. The molecule has 3 aliphatic rings. The van der Waals surface area contributed by atoms with Crippen LogP contribution < -0.4 is 0 Å². The Morgan fingerprint density at radius 2 is 2.03 bits per heavy atom. The Bertz CT molecular complexity index is 1160. The van der Waals surface area contributed by atoms with Crippen LogP contribution >= 0.6 is 23.1 Å². The molecule has 3 aromatic rings. The Morgan fingerprint density at radius 3 is 2.84 bits per heavy atom. The van der Waals surface area contributed by atoms with E-state index < -0.39 is 0 Å². The maximum Gasteiger partial charge on any atom is 0.233 e. The molecule has 2 aliphatic carbocycles. The van der Waals surface area contributed by atoms with E-state index in [2.05, 4.69) is 28.4 Å². The zero-order valence-electron chi connectivity index (χ0n) is 18.3.